The van der Waals surface area contributed by atoms with Crippen molar-refractivity contribution < 1.29 is 0 Å². The third kappa shape index (κ3) is 2.15. The van der Waals surface area contributed by atoms with Crippen LogP contribution in [0.25, 0.3) is 11.1 Å². The highest BCUT2D eigenvalue weighted by Crippen LogP contribution is 2.21. The molecule has 0 aliphatic heterocycles. The Bertz CT molecular complexity index is 529. The molecule has 0 atom stereocenters. The minimum Gasteiger partial charge on any atom is -0.246 e. The zero-order valence-electron chi connectivity index (χ0n) is 7.74. The molecule has 1 radical (unpaired) electrons. The Morgan fingerprint density at radius 3 is 2.93 bits per heavy atom. The van der Waals surface area contributed by atoms with E-state index < -0.39 is 0 Å². The molecule has 0 unspecified atom stereocenters. The molecule has 15 heavy (non-hydrogen) atoms. The summed E-state index contributed by atoms with van der Waals surface area (Å²) in [6.45, 7) is 0. The van der Waals surface area contributed by atoms with Crippen molar-refractivity contribution in [2.24, 2.45) is 0 Å². The van der Waals surface area contributed by atoms with E-state index in [-0.39, 0.29) is 0 Å². The number of benzene rings is 1. The van der Waals surface area contributed by atoms with Gasteiger partial charge in [0.15, 0.2) is 0 Å². The van der Waals surface area contributed by atoms with Crippen LogP contribution >= 0.6 is 11.6 Å². The average Bonchev–Trinajstić information content (AvgIpc) is 2.29. The molecule has 0 spiro atoms. The first-order chi connectivity index (χ1) is 7.29. The lowest BCUT2D eigenvalue weighted by atomic mass is 10.1. The van der Waals surface area contributed by atoms with Crippen LogP contribution in [-0.2, 0) is 0 Å². The summed E-state index contributed by atoms with van der Waals surface area (Å²) in [5.41, 5.74) is 2.14. The zero-order chi connectivity index (χ0) is 10.7. The van der Waals surface area contributed by atoms with Gasteiger partial charge in [-0.05, 0) is 41.5 Å². The summed E-state index contributed by atoms with van der Waals surface area (Å²) in [4.78, 5) is 3.90. The average molecular weight is 214 g/mol. The molecule has 1 aromatic carbocycles. The number of hydrogen-bond acceptors (Lipinski definition) is 2. The topological polar surface area (TPSA) is 36.7 Å². The van der Waals surface area contributed by atoms with Crippen molar-refractivity contribution in [2.45, 2.75) is 0 Å². The first kappa shape index (κ1) is 9.70. The van der Waals surface area contributed by atoms with Crippen LogP contribution in [0.4, 0.5) is 0 Å². The van der Waals surface area contributed by atoms with Gasteiger partial charge < -0.3 is 0 Å². The van der Waals surface area contributed by atoms with Crippen LogP contribution in [0, 0.1) is 17.4 Å². The maximum Gasteiger partial charge on any atom is 0.141 e. The lowest BCUT2D eigenvalue weighted by Crippen LogP contribution is -1.84. The first-order valence-corrected chi connectivity index (χ1v) is 4.71. The van der Waals surface area contributed by atoms with Crippen LogP contribution in [0.1, 0.15) is 5.69 Å². The standard InChI is InChI=1S/C12H6ClN2/c13-11-3-1-2-9(6-11)10-4-5-15-12(7-10)8-14/h1,3-7H. The fraction of sp³-hybridized carbons (Fsp3) is 0. The summed E-state index contributed by atoms with van der Waals surface area (Å²) in [5, 5.41) is 9.37. The van der Waals surface area contributed by atoms with Crippen molar-refractivity contribution in [2.75, 3.05) is 0 Å². The van der Waals surface area contributed by atoms with Crippen LogP contribution < -0.4 is 0 Å². The lowest BCUT2D eigenvalue weighted by Gasteiger charge is -2.00. The molecule has 0 saturated heterocycles. The van der Waals surface area contributed by atoms with E-state index in [0.29, 0.717) is 10.7 Å². The molecule has 2 rings (SSSR count). The van der Waals surface area contributed by atoms with Gasteiger partial charge in [0.05, 0.1) is 0 Å². The number of hydrogen-bond donors (Lipinski definition) is 0. The van der Waals surface area contributed by atoms with Gasteiger partial charge in [0.2, 0.25) is 0 Å². The second-order valence-electron chi connectivity index (χ2n) is 2.96. The van der Waals surface area contributed by atoms with Crippen molar-refractivity contribution in [3.63, 3.8) is 0 Å². The highest BCUT2D eigenvalue weighted by molar-refractivity contribution is 6.30. The second kappa shape index (κ2) is 4.12. The molecule has 0 N–H and O–H groups in total. The Balaban J connectivity index is 2.50. The summed E-state index contributed by atoms with van der Waals surface area (Å²) in [6.07, 6.45) is 1.60. The van der Waals surface area contributed by atoms with Crippen LogP contribution in [0.3, 0.4) is 0 Å². The van der Waals surface area contributed by atoms with Crippen LogP contribution in [0.2, 0.25) is 5.02 Å². The number of aromatic nitrogens is 1. The van der Waals surface area contributed by atoms with Gasteiger partial charge in [0.1, 0.15) is 11.8 Å². The largest absolute Gasteiger partial charge is 0.246 e. The molecule has 71 valence electrons. The summed E-state index contributed by atoms with van der Waals surface area (Å²) in [7, 11) is 0. The van der Waals surface area contributed by atoms with Gasteiger partial charge in [0, 0.05) is 11.2 Å². The SMILES string of the molecule is N#Cc1cc(-c2[c]ccc(Cl)c2)ccn1. The van der Waals surface area contributed by atoms with Crippen molar-refractivity contribution in [1.29, 1.82) is 5.26 Å². The summed E-state index contributed by atoms with van der Waals surface area (Å²) >= 11 is 5.87. The molecule has 0 aliphatic carbocycles. The molecule has 0 fully saturated rings. The highest BCUT2D eigenvalue weighted by atomic mass is 35.5. The van der Waals surface area contributed by atoms with Crippen molar-refractivity contribution in [1.82, 2.24) is 4.98 Å². The molecule has 3 heteroatoms. The third-order valence-corrected chi connectivity index (χ3v) is 2.18. The summed E-state index contributed by atoms with van der Waals surface area (Å²) in [5.74, 6) is 0. The normalized spacial score (nSPS) is 9.60. The molecule has 0 bridgehead atoms. The van der Waals surface area contributed by atoms with Gasteiger partial charge in [-0.2, -0.15) is 5.26 Å². The third-order valence-electron chi connectivity index (χ3n) is 1.95. The maximum atomic E-state index is 8.71. The zero-order valence-corrected chi connectivity index (χ0v) is 8.49. The fourth-order valence-corrected chi connectivity index (χ4v) is 1.44. The van der Waals surface area contributed by atoms with E-state index in [1.165, 1.54) is 0 Å². The van der Waals surface area contributed by atoms with E-state index in [4.69, 9.17) is 16.9 Å². The van der Waals surface area contributed by atoms with E-state index in [2.05, 4.69) is 11.1 Å². The van der Waals surface area contributed by atoms with Gasteiger partial charge in [-0.3, -0.25) is 0 Å². The number of pyridine rings is 1. The predicted molar refractivity (Wildman–Crippen MR) is 58.2 cm³/mol. The van der Waals surface area contributed by atoms with Crippen LogP contribution in [0.15, 0.2) is 36.5 Å². The van der Waals surface area contributed by atoms with E-state index >= 15 is 0 Å². The second-order valence-corrected chi connectivity index (χ2v) is 3.40. The molecule has 0 saturated carbocycles. The lowest BCUT2D eigenvalue weighted by molar-refractivity contribution is 1.26. The van der Waals surface area contributed by atoms with Gasteiger partial charge in [-0.25, -0.2) is 4.98 Å². The molecule has 0 aliphatic rings. The van der Waals surface area contributed by atoms with Gasteiger partial charge in [0.25, 0.3) is 0 Å². The van der Waals surface area contributed by atoms with Crippen molar-refractivity contribution in [3.8, 4) is 17.2 Å². The smallest absolute Gasteiger partial charge is 0.141 e. The molecule has 1 heterocycles. The molecule has 0 amide bonds. The van der Waals surface area contributed by atoms with Crippen molar-refractivity contribution >= 4 is 11.6 Å². The molecule has 1 aromatic heterocycles. The van der Waals surface area contributed by atoms with Crippen LogP contribution in [-0.4, -0.2) is 4.98 Å². The highest BCUT2D eigenvalue weighted by Gasteiger charge is 2.00. The molecule has 2 aromatic rings. The fourth-order valence-electron chi connectivity index (χ4n) is 1.26. The Hall–Kier alpha value is -1.85. The molecular weight excluding hydrogens is 208 g/mol. The number of nitrogens with zero attached hydrogens (tertiary/aromatic N) is 2. The van der Waals surface area contributed by atoms with Crippen LogP contribution in [0.5, 0.6) is 0 Å². The minimum atomic E-state index is 0.390. The Labute approximate surface area is 92.8 Å². The predicted octanol–water partition coefficient (Wildman–Crippen LogP) is 3.07. The molecular formula is C12H6ClN2. The number of halogens is 1. The molecule has 2 nitrogen and oxygen atoms in total. The van der Waals surface area contributed by atoms with E-state index in [1.54, 1.807) is 30.5 Å². The first-order valence-electron chi connectivity index (χ1n) is 4.33. The Morgan fingerprint density at radius 1 is 1.33 bits per heavy atom. The van der Waals surface area contributed by atoms with E-state index in [9.17, 15) is 0 Å². The van der Waals surface area contributed by atoms with Crippen molar-refractivity contribution in [3.05, 3.63) is 53.3 Å². The van der Waals surface area contributed by atoms with Gasteiger partial charge in [-0.1, -0.05) is 17.7 Å². The van der Waals surface area contributed by atoms with Gasteiger partial charge >= 0.3 is 0 Å². The summed E-state index contributed by atoms with van der Waals surface area (Å²) in [6, 6.07) is 13.9. The van der Waals surface area contributed by atoms with Gasteiger partial charge in [-0.15, -0.1) is 0 Å². The monoisotopic (exact) mass is 213 g/mol. The van der Waals surface area contributed by atoms with E-state index in [0.717, 1.165) is 11.1 Å². The Morgan fingerprint density at radius 2 is 2.20 bits per heavy atom. The quantitative estimate of drug-likeness (QED) is 0.730. The number of nitriles is 1. The maximum absolute atomic E-state index is 8.71. The Kier molecular flexibility index (Phi) is 2.66. The minimum absolute atomic E-state index is 0.390. The summed E-state index contributed by atoms with van der Waals surface area (Å²) < 4.78 is 0. The van der Waals surface area contributed by atoms with E-state index in [1.807, 2.05) is 12.1 Å². The number of rotatable bonds is 1.